The van der Waals surface area contributed by atoms with Crippen molar-refractivity contribution in [3.63, 3.8) is 0 Å². The molecule has 1 fully saturated rings. The topological polar surface area (TPSA) is 49.3 Å². The van der Waals surface area contributed by atoms with Gasteiger partial charge in [-0.25, -0.2) is 0 Å². The van der Waals surface area contributed by atoms with Gasteiger partial charge in [-0.3, -0.25) is 4.79 Å². The van der Waals surface area contributed by atoms with Gasteiger partial charge in [-0.15, -0.1) is 0 Å². The van der Waals surface area contributed by atoms with Crippen LogP contribution in [-0.4, -0.2) is 23.6 Å². The lowest BCUT2D eigenvalue weighted by atomic mass is 9.82. The Labute approximate surface area is 88.4 Å². The molecule has 1 heterocycles. The van der Waals surface area contributed by atoms with Crippen LogP contribution in [0.4, 0.5) is 0 Å². The van der Waals surface area contributed by atoms with E-state index >= 15 is 0 Å². The van der Waals surface area contributed by atoms with Gasteiger partial charge in [0, 0.05) is 24.4 Å². The van der Waals surface area contributed by atoms with E-state index in [2.05, 4.69) is 0 Å². The van der Waals surface area contributed by atoms with E-state index in [1.165, 1.54) is 0 Å². The van der Waals surface area contributed by atoms with Crippen LogP contribution in [0.2, 0.25) is 1.41 Å². The maximum Gasteiger partial charge on any atom is 0.247 e. The lowest BCUT2D eigenvalue weighted by molar-refractivity contribution is -0.119. The molecule has 2 rings (SSSR count). The Balaban J connectivity index is 3.06. The van der Waals surface area contributed by atoms with Crippen molar-refractivity contribution in [2.75, 3.05) is 6.50 Å². The third-order valence-corrected chi connectivity index (χ3v) is 1.35. The molecule has 1 aliphatic heterocycles. The third-order valence-electron chi connectivity index (χ3n) is 1.35. The summed E-state index contributed by atoms with van der Waals surface area (Å²) < 4.78 is 92.7. The van der Waals surface area contributed by atoms with Crippen LogP contribution in [0.5, 0.6) is 0 Å². The molecule has 0 saturated carbocycles. The number of carbonyl (C=O) groups excluding carboxylic acids is 1. The number of nitrogens with one attached hydrogen (secondary N) is 1. The summed E-state index contributed by atoms with van der Waals surface area (Å²) in [5.74, 6) is -5.41. The SMILES string of the molecule is [2H]C1=C2C(=O)N([2H])C([2H])([2H])C([2H])([2H])C2([2H])C([2H])([2H])C([2H])([2H])C1([2H])O. The second-order valence-corrected chi connectivity index (χ2v) is 2.13. The molecule has 66 valence electrons. The number of hydrogen-bond acceptors (Lipinski definition) is 2. The standard InChI is InChI=1S/C9H13NO2/c11-7-2-1-6-3-4-10-9(12)8(6)5-7/h5-7,11H,1-4H2,(H,10,12)/i1D2,2D2,3D2,4D2,5D,6D,7D/hD. The molecule has 2 N–H and O–H groups in total. The Bertz CT molecular complexity index is 655. The first-order chi connectivity index (χ1) is 10.3. The monoisotopic (exact) mass is 179 g/mol. The van der Waals surface area contributed by atoms with Gasteiger partial charge in [0.1, 0.15) is 0 Å². The maximum atomic E-state index is 12.2. The Kier molecular flexibility index (Phi) is 0.478. The number of rotatable bonds is 0. The van der Waals surface area contributed by atoms with Gasteiger partial charge < -0.3 is 10.4 Å². The van der Waals surface area contributed by atoms with Crippen LogP contribution in [0.15, 0.2) is 11.6 Å². The smallest absolute Gasteiger partial charge is 0.247 e. The van der Waals surface area contributed by atoms with E-state index in [4.69, 9.17) is 16.5 Å². The van der Waals surface area contributed by atoms with E-state index in [1.807, 2.05) is 0 Å². The first kappa shape index (κ1) is 1.98. The minimum absolute atomic E-state index is 0.531. The Morgan fingerprint density at radius 3 is 3.50 bits per heavy atom. The van der Waals surface area contributed by atoms with Crippen molar-refractivity contribution in [1.82, 2.24) is 5.31 Å². The van der Waals surface area contributed by atoms with Gasteiger partial charge in [-0.05, 0) is 31.1 Å². The first-order valence-electron chi connectivity index (χ1n) is 9.07. The van der Waals surface area contributed by atoms with Gasteiger partial charge in [-0.1, -0.05) is 0 Å². The quantitative estimate of drug-likeness (QED) is 0.558. The number of aliphatic hydroxyl groups is 1. The van der Waals surface area contributed by atoms with E-state index in [1.54, 1.807) is 0 Å². The molecular weight excluding hydrogens is 154 g/mol. The van der Waals surface area contributed by atoms with Crippen molar-refractivity contribution in [1.29, 1.82) is 0 Å². The molecular formula is C9H13NO2. The zero-order valence-corrected chi connectivity index (χ0v) is 5.80. The molecule has 2 aliphatic rings. The molecule has 12 heavy (non-hydrogen) atoms. The van der Waals surface area contributed by atoms with Gasteiger partial charge in [-0.2, -0.15) is 0 Å². The summed E-state index contributed by atoms with van der Waals surface area (Å²) in [4.78, 5) is 12.2. The lowest BCUT2D eigenvalue weighted by Crippen LogP contribution is -2.38. The van der Waals surface area contributed by atoms with Crippen molar-refractivity contribution >= 4 is 5.91 Å². The molecule has 0 aromatic carbocycles. The Morgan fingerprint density at radius 2 is 2.67 bits per heavy atom. The summed E-state index contributed by atoms with van der Waals surface area (Å²) in [6.45, 7) is -3.53. The molecule has 0 bridgehead atoms. The molecule has 2 unspecified atom stereocenters. The van der Waals surface area contributed by atoms with E-state index in [9.17, 15) is 9.90 Å². The van der Waals surface area contributed by atoms with Gasteiger partial charge in [0.2, 0.25) is 5.91 Å². The second-order valence-electron chi connectivity index (χ2n) is 2.13. The van der Waals surface area contributed by atoms with Gasteiger partial charge in [0.15, 0.2) is 1.41 Å². The minimum Gasteiger partial charge on any atom is -0.389 e. The molecule has 1 aliphatic carbocycles. The highest BCUT2D eigenvalue weighted by atomic mass is 16.3. The number of amides is 1. The fourth-order valence-corrected chi connectivity index (χ4v) is 0.841. The highest BCUT2D eigenvalue weighted by Gasteiger charge is 2.29. The summed E-state index contributed by atoms with van der Waals surface area (Å²) in [5, 5.41) is 9.41. The minimum atomic E-state index is -3.79. The van der Waals surface area contributed by atoms with Crippen LogP contribution in [0.25, 0.3) is 0 Å². The summed E-state index contributed by atoms with van der Waals surface area (Å²) in [6.07, 6.45) is -14.8. The zero-order chi connectivity index (χ0) is 19.3. The molecule has 0 aromatic heterocycles. The fourth-order valence-electron chi connectivity index (χ4n) is 0.841. The molecule has 0 aromatic rings. The van der Waals surface area contributed by atoms with Crippen LogP contribution in [0, 0.1) is 5.89 Å². The van der Waals surface area contributed by atoms with Crippen molar-refractivity contribution in [3.8, 4) is 0 Å². The average Bonchev–Trinajstić information content (AvgIpc) is 2.42. The number of carbonyl (C=O) groups is 1. The molecule has 3 heteroatoms. The Hall–Kier alpha value is -0.830. The van der Waals surface area contributed by atoms with Gasteiger partial charge in [0.05, 0.1) is 8.82 Å². The predicted molar refractivity (Wildman–Crippen MR) is 44.4 cm³/mol. The highest BCUT2D eigenvalue weighted by molar-refractivity contribution is 5.94. The van der Waals surface area contributed by atoms with Crippen molar-refractivity contribution in [2.45, 2.75) is 25.2 Å². The van der Waals surface area contributed by atoms with Crippen LogP contribution >= 0.6 is 0 Å². The van der Waals surface area contributed by atoms with Crippen LogP contribution in [0.3, 0.4) is 0 Å². The number of hydrogen-bond donors (Lipinski definition) is 2. The van der Waals surface area contributed by atoms with Gasteiger partial charge in [0.25, 0.3) is 0 Å². The summed E-state index contributed by atoms with van der Waals surface area (Å²) in [7, 11) is 0. The molecule has 1 amide bonds. The molecule has 0 spiro atoms. The van der Waals surface area contributed by atoms with Crippen LogP contribution < -0.4 is 5.31 Å². The van der Waals surface area contributed by atoms with E-state index in [-0.39, 0.29) is 0 Å². The fraction of sp³-hybridized carbons (Fsp3) is 0.667. The average molecular weight is 179 g/mol. The van der Waals surface area contributed by atoms with Crippen molar-refractivity contribution in [2.24, 2.45) is 5.89 Å². The largest absolute Gasteiger partial charge is 0.389 e. The maximum absolute atomic E-state index is 12.2. The highest BCUT2D eigenvalue weighted by Crippen LogP contribution is 2.29. The van der Waals surface area contributed by atoms with Crippen molar-refractivity contribution in [3.05, 3.63) is 11.6 Å². The number of piperidine rings is 1. The zero-order valence-electron chi connectivity index (χ0n) is 17.8. The van der Waals surface area contributed by atoms with Crippen LogP contribution in [-0.2, 0) is 4.79 Å². The van der Waals surface area contributed by atoms with E-state index in [0.717, 1.165) is 0 Å². The van der Waals surface area contributed by atoms with Crippen molar-refractivity contribution < 1.29 is 26.4 Å². The molecule has 2 atom stereocenters. The second kappa shape index (κ2) is 2.90. The normalized spacial score (nSPS) is 80.4. The summed E-state index contributed by atoms with van der Waals surface area (Å²) in [5.41, 5.74) is -1.46. The molecule has 3 nitrogen and oxygen atoms in total. The van der Waals surface area contributed by atoms with Crippen LogP contribution in [0.1, 0.15) is 34.2 Å². The summed E-state index contributed by atoms with van der Waals surface area (Å²) >= 11 is 0. The van der Waals surface area contributed by atoms with E-state index < -0.39 is 60.4 Å². The molecule has 1 saturated heterocycles. The predicted octanol–water partition coefficient (Wildman–Crippen LogP) is 0.204. The number of fused-ring (bicyclic) bond motifs is 1. The third kappa shape index (κ3) is 1.25. The summed E-state index contributed by atoms with van der Waals surface area (Å²) in [6, 6.07) is -1.58. The Morgan fingerprint density at radius 1 is 1.83 bits per heavy atom. The van der Waals surface area contributed by atoms with Gasteiger partial charge >= 0.3 is 0 Å². The first-order valence-corrected chi connectivity index (χ1v) is 3.12. The molecule has 0 radical (unpaired) electrons. The lowest BCUT2D eigenvalue weighted by Gasteiger charge is -2.29. The van der Waals surface area contributed by atoms with E-state index in [0.29, 0.717) is 0 Å².